The number of fused-ring (bicyclic) bond motifs is 3. The van der Waals surface area contributed by atoms with E-state index in [-0.39, 0.29) is 17.7 Å². The van der Waals surface area contributed by atoms with Crippen LogP contribution in [0, 0.1) is 0 Å². The zero-order chi connectivity index (χ0) is 14.6. The van der Waals surface area contributed by atoms with Crippen molar-refractivity contribution < 1.29 is 9.52 Å². The van der Waals surface area contributed by atoms with Crippen molar-refractivity contribution in [1.82, 2.24) is 9.97 Å². The molecule has 3 heterocycles. The van der Waals surface area contributed by atoms with E-state index in [2.05, 4.69) is 14.9 Å². The molecule has 0 spiro atoms. The van der Waals surface area contributed by atoms with Crippen molar-refractivity contribution in [2.45, 2.75) is 12.5 Å². The van der Waals surface area contributed by atoms with Crippen molar-refractivity contribution in [2.75, 3.05) is 23.7 Å². The third kappa shape index (κ3) is 1.85. The normalized spacial score (nSPS) is 18.9. The molecule has 1 aromatic carbocycles. The summed E-state index contributed by atoms with van der Waals surface area (Å²) in [5, 5.41) is 10.4. The van der Waals surface area contributed by atoms with E-state index in [0.717, 1.165) is 18.4 Å². The highest BCUT2D eigenvalue weighted by molar-refractivity contribution is 6.06. The predicted octanol–water partition coefficient (Wildman–Crippen LogP) is 1.20. The third-order valence-electron chi connectivity index (χ3n) is 3.82. The summed E-state index contributed by atoms with van der Waals surface area (Å²) in [5.74, 6) is 1.01. The first-order valence-corrected chi connectivity index (χ1v) is 6.81. The molecule has 2 aromatic heterocycles. The van der Waals surface area contributed by atoms with Gasteiger partial charge in [-0.05, 0) is 24.6 Å². The second-order valence-corrected chi connectivity index (χ2v) is 5.36. The molecule has 1 aliphatic rings. The standard InChI is InChI=1S/C14H15N5O2/c15-7-3-4-19(6-7)13-12-11(17-14(16)18-13)9-5-8(20)1-2-10(9)21-12/h1-2,5,7,20H,3-4,6,15H2,(H2,16,17,18). The maximum absolute atomic E-state index is 9.65. The fourth-order valence-corrected chi connectivity index (χ4v) is 2.83. The zero-order valence-corrected chi connectivity index (χ0v) is 11.3. The molecule has 4 rings (SSSR count). The van der Waals surface area contributed by atoms with Gasteiger partial charge < -0.3 is 25.9 Å². The first-order valence-electron chi connectivity index (χ1n) is 6.81. The van der Waals surface area contributed by atoms with Crippen LogP contribution in [0.15, 0.2) is 22.6 Å². The Bertz CT molecular complexity index is 844. The van der Waals surface area contributed by atoms with E-state index >= 15 is 0 Å². The molecule has 7 nitrogen and oxygen atoms in total. The van der Waals surface area contributed by atoms with Crippen LogP contribution in [0.25, 0.3) is 22.1 Å². The average Bonchev–Trinajstić information content (AvgIpc) is 3.02. The van der Waals surface area contributed by atoms with Crippen molar-refractivity contribution >= 4 is 33.8 Å². The van der Waals surface area contributed by atoms with Crippen molar-refractivity contribution in [1.29, 1.82) is 0 Å². The van der Waals surface area contributed by atoms with E-state index in [9.17, 15) is 5.11 Å². The maximum Gasteiger partial charge on any atom is 0.222 e. The van der Waals surface area contributed by atoms with Crippen molar-refractivity contribution in [3.63, 3.8) is 0 Å². The summed E-state index contributed by atoms with van der Waals surface area (Å²) < 4.78 is 5.87. The summed E-state index contributed by atoms with van der Waals surface area (Å²) >= 11 is 0. The summed E-state index contributed by atoms with van der Waals surface area (Å²) in [6, 6.07) is 5.03. The Balaban J connectivity index is 2.00. The van der Waals surface area contributed by atoms with E-state index in [4.69, 9.17) is 15.9 Å². The number of hydrogen-bond acceptors (Lipinski definition) is 7. The van der Waals surface area contributed by atoms with E-state index in [0.29, 0.717) is 29.0 Å². The molecule has 5 N–H and O–H groups in total. The minimum atomic E-state index is 0.129. The van der Waals surface area contributed by atoms with Crippen LogP contribution in [0.1, 0.15) is 6.42 Å². The summed E-state index contributed by atoms with van der Waals surface area (Å²) in [6.07, 6.45) is 0.909. The van der Waals surface area contributed by atoms with Gasteiger partial charge in [-0.15, -0.1) is 0 Å². The molecule has 7 heteroatoms. The fourth-order valence-electron chi connectivity index (χ4n) is 2.83. The van der Waals surface area contributed by atoms with Gasteiger partial charge in [-0.25, -0.2) is 4.98 Å². The number of aromatic nitrogens is 2. The summed E-state index contributed by atoms with van der Waals surface area (Å²) in [4.78, 5) is 10.6. The lowest BCUT2D eigenvalue weighted by molar-refractivity contribution is 0.476. The molecule has 0 aliphatic carbocycles. The Labute approximate surface area is 120 Å². The van der Waals surface area contributed by atoms with Gasteiger partial charge >= 0.3 is 0 Å². The molecule has 3 aromatic rings. The number of furan rings is 1. The summed E-state index contributed by atoms with van der Waals surface area (Å²) in [5.41, 5.74) is 13.6. The molecular weight excluding hydrogens is 270 g/mol. The number of phenols is 1. The molecule has 108 valence electrons. The number of anilines is 2. The maximum atomic E-state index is 9.65. The number of nitrogens with zero attached hydrogens (tertiary/aromatic N) is 3. The second kappa shape index (κ2) is 4.23. The predicted molar refractivity (Wildman–Crippen MR) is 80.2 cm³/mol. The number of hydrogen-bond donors (Lipinski definition) is 3. The van der Waals surface area contributed by atoms with Gasteiger partial charge in [-0.1, -0.05) is 0 Å². The van der Waals surface area contributed by atoms with E-state index in [1.807, 2.05) is 0 Å². The zero-order valence-electron chi connectivity index (χ0n) is 11.3. The van der Waals surface area contributed by atoms with Crippen LogP contribution < -0.4 is 16.4 Å². The smallest absolute Gasteiger partial charge is 0.222 e. The van der Waals surface area contributed by atoms with Crippen LogP contribution in [0.5, 0.6) is 5.75 Å². The first kappa shape index (κ1) is 12.2. The van der Waals surface area contributed by atoms with Crippen molar-refractivity contribution in [3.8, 4) is 5.75 Å². The molecule has 0 amide bonds. The Morgan fingerprint density at radius 3 is 2.95 bits per heavy atom. The van der Waals surface area contributed by atoms with Crippen molar-refractivity contribution in [3.05, 3.63) is 18.2 Å². The molecule has 1 atom stereocenters. The Kier molecular flexibility index (Phi) is 2.46. The molecular formula is C14H15N5O2. The van der Waals surface area contributed by atoms with Crippen LogP contribution in [-0.2, 0) is 0 Å². The lowest BCUT2D eigenvalue weighted by atomic mass is 10.2. The summed E-state index contributed by atoms with van der Waals surface area (Å²) in [6.45, 7) is 1.53. The summed E-state index contributed by atoms with van der Waals surface area (Å²) in [7, 11) is 0. The van der Waals surface area contributed by atoms with Gasteiger partial charge in [0, 0.05) is 19.1 Å². The highest BCUT2D eigenvalue weighted by atomic mass is 16.3. The highest BCUT2D eigenvalue weighted by Crippen LogP contribution is 2.35. The van der Waals surface area contributed by atoms with Crippen molar-refractivity contribution in [2.24, 2.45) is 5.73 Å². The van der Waals surface area contributed by atoms with Gasteiger partial charge in [-0.3, -0.25) is 0 Å². The van der Waals surface area contributed by atoms with E-state index in [1.54, 1.807) is 18.2 Å². The molecule has 0 bridgehead atoms. The van der Waals surface area contributed by atoms with Gasteiger partial charge in [0.2, 0.25) is 5.95 Å². The molecule has 1 saturated heterocycles. The topological polar surface area (TPSA) is 114 Å². The van der Waals surface area contributed by atoms with Gasteiger partial charge in [0.15, 0.2) is 11.4 Å². The number of phenolic OH excluding ortho intramolecular Hbond substituents is 1. The fraction of sp³-hybridized carbons (Fsp3) is 0.286. The molecule has 21 heavy (non-hydrogen) atoms. The molecule has 1 aliphatic heterocycles. The number of nitrogen functional groups attached to an aromatic ring is 1. The van der Waals surface area contributed by atoms with E-state index in [1.165, 1.54) is 0 Å². The lowest BCUT2D eigenvalue weighted by Crippen LogP contribution is -2.27. The average molecular weight is 285 g/mol. The largest absolute Gasteiger partial charge is 0.508 e. The van der Waals surface area contributed by atoms with Crippen LogP contribution in [0.2, 0.25) is 0 Å². The molecule has 1 fully saturated rings. The third-order valence-corrected chi connectivity index (χ3v) is 3.82. The van der Waals surface area contributed by atoms with Crippen LogP contribution in [0.4, 0.5) is 11.8 Å². The van der Waals surface area contributed by atoms with Gasteiger partial charge in [0.05, 0.1) is 5.39 Å². The second-order valence-electron chi connectivity index (χ2n) is 5.36. The quantitative estimate of drug-likeness (QED) is 0.615. The number of nitrogens with two attached hydrogens (primary N) is 2. The van der Waals surface area contributed by atoms with Crippen LogP contribution in [0.3, 0.4) is 0 Å². The lowest BCUT2D eigenvalue weighted by Gasteiger charge is -2.16. The van der Waals surface area contributed by atoms with Gasteiger partial charge in [0.1, 0.15) is 16.8 Å². The minimum Gasteiger partial charge on any atom is -0.508 e. The number of rotatable bonds is 1. The first-order chi connectivity index (χ1) is 10.1. The number of benzene rings is 1. The van der Waals surface area contributed by atoms with Gasteiger partial charge in [-0.2, -0.15) is 4.98 Å². The monoisotopic (exact) mass is 285 g/mol. The van der Waals surface area contributed by atoms with Crippen LogP contribution >= 0.6 is 0 Å². The molecule has 1 unspecified atom stereocenters. The van der Waals surface area contributed by atoms with Crippen LogP contribution in [-0.4, -0.2) is 34.2 Å². The number of aromatic hydroxyl groups is 1. The van der Waals surface area contributed by atoms with Gasteiger partial charge in [0.25, 0.3) is 0 Å². The Hall–Kier alpha value is -2.54. The molecule has 0 radical (unpaired) electrons. The van der Waals surface area contributed by atoms with E-state index < -0.39 is 0 Å². The highest BCUT2D eigenvalue weighted by Gasteiger charge is 2.25. The Morgan fingerprint density at radius 1 is 1.33 bits per heavy atom. The SMILES string of the molecule is Nc1nc(N2CCC(N)C2)c2oc3ccc(O)cc3c2n1. The Morgan fingerprint density at radius 2 is 2.19 bits per heavy atom. The molecule has 0 saturated carbocycles. The minimum absolute atomic E-state index is 0.129.